The third-order valence-corrected chi connectivity index (χ3v) is 4.90. The summed E-state index contributed by atoms with van der Waals surface area (Å²) in [5.74, 6) is 1.90. The monoisotopic (exact) mass is 324 g/mol. The molecule has 0 aliphatic carbocycles. The molecule has 1 aromatic rings. The van der Waals surface area contributed by atoms with Crippen LogP contribution in [0.2, 0.25) is 5.02 Å². The highest BCUT2D eigenvalue weighted by molar-refractivity contribution is 6.30. The van der Waals surface area contributed by atoms with Crippen molar-refractivity contribution >= 4 is 11.6 Å². The topological polar surface area (TPSA) is 38.5 Å². The van der Waals surface area contributed by atoms with Crippen molar-refractivity contribution in [2.75, 3.05) is 32.8 Å². The number of halogens is 1. The lowest BCUT2D eigenvalue weighted by Crippen LogP contribution is -2.37. The van der Waals surface area contributed by atoms with Crippen LogP contribution in [0.5, 0.6) is 5.75 Å². The number of rotatable bonds is 7. The summed E-state index contributed by atoms with van der Waals surface area (Å²) in [5.41, 5.74) is 7.32. The minimum absolute atomic E-state index is 0.337. The molecular formula is C18H29ClN2O. The van der Waals surface area contributed by atoms with Gasteiger partial charge in [0.05, 0.1) is 6.61 Å². The smallest absolute Gasteiger partial charge is 0.122 e. The maximum Gasteiger partial charge on any atom is 0.122 e. The van der Waals surface area contributed by atoms with Crippen LogP contribution in [0.1, 0.15) is 44.6 Å². The Morgan fingerprint density at radius 3 is 2.64 bits per heavy atom. The van der Waals surface area contributed by atoms with Crippen molar-refractivity contribution in [3.8, 4) is 5.75 Å². The zero-order valence-electron chi connectivity index (χ0n) is 13.9. The van der Waals surface area contributed by atoms with Crippen LogP contribution in [-0.2, 0) is 0 Å². The van der Waals surface area contributed by atoms with E-state index in [1.807, 2.05) is 25.1 Å². The van der Waals surface area contributed by atoms with Gasteiger partial charge in [0, 0.05) is 16.5 Å². The fraction of sp³-hybridized carbons (Fsp3) is 0.667. The van der Waals surface area contributed by atoms with Crippen LogP contribution >= 0.6 is 11.6 Å². The van der Waals surface area contributed by atoms with Gasteiger partial charge in [-0.3, -0.25) is 0 Å². The van der Waals surface area contributed by atoms with Gasteiger partial charge in [0.15, 0.2) is 0 Å². The van der Waals surface area contributed by atoms with E-state index in [-0.39, 0.29) is 0 Å². The first-order chi connectivity index (χ1) is 10.7. The summed E-state index contributed by atoms with van der Waals surface area (Å²) in [5, 5.41) is 0.764. The molecule has 1 aliphatic rings. The van der Waals surface area contributed by atoms with E-state index in [1.54, 1.807) is 0 Å². The maximum absolute atomic E-state index is 6.22. The Kier molecular flexibility index (Phi) is 7.00. The summed E-state index contributed by atoms with van der Waals surface area (Å²) >= 11 is 6.22. The average molecular weight is 325 g/mol. The summed E-state index contributed by atoms with van der Waals surface area (Å²) in [7, 11) is 0. The zero-order valence-corrected chi connectivity index (χ0v) is 14.6. The number of benzene rings is 1. The van der Waals surface area contributed by atoms with E-state index in [0.29, 0.717) is 25.0 Å². The number of hydrogen-bond acceptors (Lipinski definition) is 3. The molecular weight excluding hydrogens is 296 g/mol. The molecule has 4 heteroatoms. The van der Waals surface area contributed by atoms with E-state index in [1.165, 1.54) is 44.5 Å². The molecule has 2 N–H and O–H groups in total. The molecule has 1 heterocycles. The first-order valence-electron chi connectivity index (χ1n) is 8.54. The van der Waals surface area contributed by atoms with Crippen molar-refractivity contribution in [2.45, 2.75) is 39.0 Å². The molecule has 1 saturated heterocycles. The molecule has 1 aliphatic heterocycles. The number of hydrogen-bond donors (Lipinski definition) is 1. The van der Waals surface area contributed by atoms with Crippen molar-refractivity contribution < 1.29 is 4.74 Å². The highest BCUT2D eigenvalue weighted by atomic mass is 35.5. The highest BCUT2D eigenvalue weighted by Crippen LogP contribution is 2.38. The van der Waals surface area contributed by atoms with Crippen LogP contribution in [0.15, 0.2) is 18.2 Å². The van der Waals surface area contributed by atoms with Crippen molar-refractivity contribution in [1.82, 2.24) is 4.90 Å². The largest absolute Gasteiger partial charge is 0.494 e. The SMILES string of the molecule is CCCN1CCC(C(CN)c2cc(Cl)ccc2OCC)CC1. The number of nitrogens with two attached hydrogens (primary N) is 1. The number of piperidine rings is 1. The van der Waals surface area contributed by atoms with Gasteiger partial charge in [0.2, 0.25) is 0 Å². The second kappa shape index (κ2) is 8.76. The van der Waals surface area contributed by atoms with Crippen LogP contribution < -0.4 is 10.5 Å². The van der Waals surface area contributed by atoms with E-state index in [0.717, 1.165) is 10.8 Å². The van der Waals surface area contributed by atoms with Gasteiger partial charge < -0.3 is 15.4 Å². The Morgan fingerprint density at radius 1 is 1.32 bits per heavy atom. The normalized spacial score (nSPS) is 18.4. The van der Waals surface area contributed by atoms with Gasteiger partial charge in [0.25, 0.3) is 0 Å². The number of likely N-dealkylation sites (tertiary alicyclic amines) is 1. The minimum Gasteiger partial charge on any atom is -0.494 e. The Labute approximate surface area is 139 Å². The Bertz CT molecular complexity index is 458. The molecule has 0 radical (unpaired) electrons. The highest BCUT2D eigenvalue weighted by Gasteiger charge is 2.28. The summed E-state index contributed by atoms with van der Waals surface area (Å²) in [6.45, 7) is 9.15. The van der Waals surface area contributed by atoms with Gasteiger partial charge in [-0.2, -0.15) is 0 Å². The number of nitrogens with zero attached hydrogens (tertiary/aromatic N) is 1. The molecule has 1 fully saturated rings. The lowest BCUT2D eigenvalue weighted by Gasteiger charge is -2.36. The van der Waals surface area contributed by atoms with E-state index >= 15 is 0 Å². The minimum atomic E-state index is 0.337. The molecule has 0 bridgehead atoms. The van der Waals surface area contributed by atoms with Gasteiger partial charge in [-0.1, -0.05) is 18.5 Å². The van der Waals surface area contributed by atoms with Crippen molar-refractivity contribution in [1.29, 1.82) is 0 Å². The van der Waals surface area contributed by atoms with Gasteiger partial charge in [-0.25, -0.2) is 0 Å². The molecule has 0 aromatic heterocycles. The third kappa shape index (κ3) is 4.37. The third-order valence-electron chi connectivity index (χ3n) is 4.67. The van der Waals surface area contributed by atoms with Crippen LogP contribution in [0.25, 0.3) is 0 Å². The van der Waals surface area contributed by atoms with E-state index < -0.39 is 0 Å². The predicted molar refractivity (Wildman–Crippen MR) is 93.9 cm³/mol. The van der Waals surface area contributed by atoms with Gasteiger partial charge in [-0.05, 0) is 76.5 Å². The van der Waals surface area contributed by atoms with Crippen molar-refractivity contribution in [2.24, 2.45) is 11.7 Å². The lowest BCUT2D eigenvalue weighted by atomic mass is 9.79. The van der Waals surface area contributed by atoms with E-state index in [4.69, 9.17) is 22.1 Å². The second-order valence-electron chi connectivity index (χ2n) is 6.14. The summed E-state index contributed by atoms with van der Waals surface area (Å²) in [6.07, 6.45) is 3.65. The number of ether oxygens (including phenoxy) is 1. The molecule has 22 heavy (non-hydrogen) atoms. The van der Waals surface area contributed by atoms with Gasteiger partial charge >= 0.3 is 0 Å². The maximum atomic E-state index is 6.22. The summed E-state index contributed by atoms with van der Waals surface area (Å²) < 4.78 is 5.80. The molecule has 1 aromatic carbocycles. The van der Waals surface area contributed by atoms with Gasteiger partial charge in [-0.15, -0.1) is 0 Å². The van der Waals surface area contributed by atoms with Gasteiger partial charge in [0.1, 0.15) is 5.75 Å². The molecule has 2 rings (SSSR count). The van der Waals surface area contributed by atoms with Crippen LogP contribution in [0.3, 0.4) is 0 Å². The first-order valence-corrected chi connectivity index (χ1v) is 8.92. The van der Waals surface area contributed by atoms with Crippen LogP contribution in [0.4, 0.5) is 0 Å². The molecule has 0 amide bonds. The quantitative estimate of drug-likeness (QED) is 0.826. The molecule has 1 unspecified atom stereocenters. The van der Waals surface area contributed by atoms with Crippen molar-refractivity contribution in [3.63, 3.8) is 0 Å². The van der Waals surface area contributed by atoms with Crippen molar-refractivity contribution in [3.05, 3.63) is 28.8 Å². The Morgan fingerprint density at radius 2 is 2.05 bits per heavy atom. The molecule has 3 nitrogen and oxygen atoms in total. The Hall–Kier alpha value is -0.770. The summed E-state index contributed by atoms with van der Waals surface area (Å²) in [6, 6.07) is 5.92. The second-order valence-corrected chi connectivity index (χ2v) is 6.57. The molecule has 0 saturated carbocycles. The van der Waals surface area contributed by atoms with E-state index in [2.05, 4.69) is 11.8 Å². The molecule has 1 atom stereocenters. The van der Waals surface area contributed by atoms with E-state index in [9.17, 15) is 0 Å². The summed E-state index contributed by atoms with van der Waals surface area (Å²) in [4.78, 5) is 2.56. The van der Waals surface area contributed by atoms with Crippen LogP contribution in [0, 0.1) is 5.92 Å². The standard InChI is InChI=1S/C18H29ClN2O/c1-3-9-21-10-7-14(8-11-21)17(13-20)16-12-15(19)5-6-18(16)22-4-2/h5-6,12,14,17H,3-4,7-11,13,20H2,1-2H3. The first kappa shape index (κ1) is 17.6. The average Bonchev–Trinajstić information content (AvgIpc) is 2.53. The fourth-order valence-corrected chi connectivity index (χ4v) is 3.75. The zero-order chi connectivity index (χ0) is 15.9. The fourth-order valence-electron chi connectivity index (χ4n) is 3.56. The Balaban J connectivity index is 2.13. The lowest BCUT2D eigenvalue weighted by molar-refractivity contribution is 0.168. The molecule has 0 spiro atoms. The predicted octanol–water partition coefficient (Wildman–Crippen LogP) is 3.90. The molecule has 124 valence electrons. The van der Waals surface area contributed by atoms with Crippen LogP contribution in [-0.4, -0.2) is 37.7 Å².